The van der Waals surface area contributed by atoms with Crippen LogP contribution in [0.15, 0.2) is 65.6 Å². The van der Waals surface area contributed by atoms with Gasteiger partial charge in [-0.1, -0.05) is 63.6 Å². The molecular formula is C28H35Cl2N3O3S. The van der Waals surface area contributed by atoms with E-state index >= 15 is 0 Å². The van der Waals surface area contributed by atoms with Gasteiger partial charge in [-0.25, -0.2) is 8.42 Å². The van der Waals surface area contributed by atoms with Gasteiger partial charge in [0.25, 0.3) is 5.91 Å². The molecule has 0 unspecified atom stereocenters. The first-order chi connectivity index (χ1) is 16.9. The van der Waals surface area contributed by atoms with Crippen molar-refractivity contribution in [1.82, 2.24) is 9.21 Å². The van der Waals surface area contributed by atoms with Gasteiger partial charge < -0.3 is 10.6 Å². The zero-order valence-corrected chi connectivity index (χ0v) is 24.0. The Balaban J connectivity index is 0.00000380. The van der Waals surface area contributed by atoms with Crippen molar-refractivity contribution in [2.45, 2.75) is 38.1 Å². The Hall–Kier alpha value is -2.16. The molecule has 0 saturated carbocycles. The molecule has 0 aromatic heterocycles. The Morgan fingerprint density at radius 2 is 1.41 bits per heavy atom. The lowest BCUT2D eigenvalue weighted by Gasteiger charge is -2.38. The third-order valence-electron chi connectivity index (χ3n) is 7.48. The topological polar surface area (TPSA) is 83.7 Å². The first-order valence-electron chi connectivity index (χ1n) is 12.3. The summed E-state index contributed by atoms with van der Waals surface area (Å²) in [4.78, 5) is 15.1. The molecule has 1 aliphatic rings. The molecule has 0 spiro atoms. The van der Waals surface area contributed by atoms with E-state index in [-0.39, 0.29) is 48.1 Å². The predicted octanol–water partition coefficient (Wildman–Crippen LogP) is 5.53. The highest BCUT2D eigenvalue weighted by Crippen LogP contribution is 2.34. The van der Waals surface area contributed by atoms with Crippen LogP contribution in [0.5, 0.6) is 0 Å². The van der Waals surface area contributed by atoms with E-state index in [0.29, 0.717) is 23.7 Å². The summed E-state index contributed by atoms with van der Waals surface area (Å²) >= 11 is 6.04. The maximum atomic E-state index is 13.3. The molecule has 1 saturated heterocycles. The van der Waals surface area contributed by atoms with Gasteiger partial charge in [-0.3, -0.25) is 4.79 Å². The van der Waals surface area contributed by atoms with Crippen LogP contribution < -0.4 is 5.73 Å². The number of hydrogen-bond acceptors (Lipinski definition) is 4. The van der Waals surface area contributed by atoms with Gasteiger partial charge in [0.15, 0.2) is 0 Å². The second kappa shape index (κ2) is 11.3. The van der Waals surface area contributed by atoms with Gasteiger partial charge >= 0.3 is 0 Å². The van der Waals surface area contributed by atoms with Crippen LogP contribution in [0.1, 0.15) is 43.6 Å². The second-order valence-electron chi connectivity index (χ2n) is 10.2. The van der Waals surface area contributed by atoms with Crippen molar-refractivity contribution >= 4 is 50.7 Å². The first kappa shape index (κ1) is 29.4. The van der Waals surface area contributed by atoms with Crippen molar-refractivity contribution in [1.29, 1.82) is 0 Å². The molecule has 0 atom stereocenters. The number of benzene rings is 3. The Labute approximate surface area is 231 Å². The summed E-state index contributed by atoms with van der Waals surface area (Å²) in [7, 11) is -3.67. The molecule has 200 valence electrons. The minimum Gasteiger partial charge on any atom is -0.336 e. The van der Waals surface area contributed by atoms with Crippen molar-refractivity contribution < 1.29 is 13.2 Å². The van der Waals surface area contributed by atoms with Gasteiger partial charge in [-0.05, 0) is 64.6 Å². The lowest BCUT2D eigenvalue weighted by atomic mass is 9.73. The Kier molecular flexibility index (Phi) is 8.97. The molecule has 2 N–H and O–H groups in total. The van der Waals surface area contributed by atoms with E-state index in [4.69, 9.17) is 17.3 Å². The van der Waals surface area contributed by atoms with E-state index in [2.05, 4.69) is 27.7 Å². The van der Waals surface area contributed by atoms with Gasteiger partial charge in [-0.2, -0.15) is 4.31 Å². The molecule has 0 radical (unpaired) electrons. The van der Waals surface area contributed by atoms with Crippen molar-refractivity contribution in [2.75, 3.05) is 26.2 Å². The van der Waals surface area contributed by atoms with Crippen LogP contribution in [0.25, 0.3) is 10.8 Å². The number of sulfonamides is 1. The number of nitrogens with two attached hydrogens (primary N) is 1. The van der Waals surface area contributed by atoms with E-state index < -0.39 is 15.6 Å². The number of fused-ring (bicyclic) bond motifs is 1. The number of hydrogen-bond donors (Lipinski definition) is 1. The smallest absolute Gasteiger partial charge is 0.253 e. The zero-order valence-electron chi connectivity index (χ0n) is 21.6. The highest BCUT2D eigenvalue weighted by atomic mass is 35.5. The van der Waals surface area contributed by atoms with Gasteiger partial charge in [0.1, 0.15) is 0 Å². The zero-order chi connectivity index (χ0) is 26.3. The van der Waals surface area contributed by atoms with Crippen LogP contribution in [-0.2, 0) is 15.6 Å². The summed E-state index contributed by atoms with van der Waals surface area (Å²) < 4.78 is 28.0. The highest BCUT2D eigenvalue weighted by molar-refractivity contribution is 7.89. The minimum absolute atomic E-state index is 0. The molecule has 9 heteroatoms. The van der Waals surface area contributed by atoms with Crippen LogP contribution >= 0.6 is 24.0 Å². The van der Waals surface area contributed by atoms with Gasteiger partial charge in [-0.15, -0.1) is 12.4 Å². The van der Waals surface area contributed by atoms with Gasteiger partial charge in [0.05, 0.1) is 4.90 Å². The highest BCUT2D eigenvalue weighted by Gasteiger charge is 2.35. The molecule has 4 rings (SSSR count). The average molecular weight is 565 g/mol. The lowest BCUT2D eigenvalue weighted by Crippen LogP contribution is -2.50. The molecule has 1 fully saturated rings. The summed E-state index contributed by atoms with van der Waals surface area (Å²) in [5.41, 5.74) is 7.87. The summed E-state index contributed by atoms with van der Waals surface area (Å²) in [5, 5.41) is 2.31. The number of carbonyl (C=O) groups is 1. The Bertz CT molecular complexity index is 1360. The van der Waals surface area contributed by atoms with E-state index in [1.54, 1.807) is 29.2 Å². The first-order valence-corrected chi connectivity index (χ1v) is 14.1. The van der Waals surface area contributed by atoms with E-state index in [9.17, 15) is 13.2 Å². The second-order valence-corrected chi connectivity index (χ2v) is 12.5. The quantitative estimate of drug-likeness (QED) is 0.427. The summed E-state index contributed by atoms with van der Waals surface area (Å²) in [6, 6.07) is 18.0. The van der Waals surface area contributed by atoms with Crippen LogP contribution in [0.2, 0.25) is 5.02 Å². The van der Waals surface area contributed by atoms with Crippen molar-refractivity contribution in [3.63, 3.8) is 0 Å². The van der Waals surface area contributed by atoms with Crippen molar-refractivity contribution in [2.24, 2.45) is 17.6 Å². The fourth-order valence-electron chi connectivity index (χ4n) is 5.05. The maximum absolute atomic E-state index is 13.3. The molecule has 1 aliphatic heterocycles. The fourth-order valence-corrected chi connectivity index (χ4v) is 6.69. The SMILES string of the molecule is CC(C)C(N)(c1ccc(C(=O)N2CCN(S(=O)(=O)c3ccc4cc(Cl)ccc4c3)CC2)cc1)C(C)C.Cl. The van der Waals surface area contributed by atoms with Crippen LogP contribution in [0.3, 0.4) is 0 Å². The molecular weight excluding hydrogens is 529 g/mol. The summed E-state index contributed by atoms with van der Waals surface area (Å²) in [5.74, 6) is 0.391. The molecule has 3 aromatic carbocycles. The third-order valence-corrected chi connectivity index (χ3v) is 9.61. The number of nitrogens with zero attached hydrogens (tertiary/aromatic N) is 2. The summed E-state index contributed by atoms with van der Waals surface area (Å²) in [6.07, 6.45) is 0. The maximum Gasteiger partial charge on any atom is 0.253 e. The van der Waals surface area contributed by atoms with E-state index in [1.807, 2.05) is 36.4 Å². The molecule has 1 heterocycles. The summed E-state index contributed by atoms with van der Waals surface area (Å²) in [6.45, 7) is 9.61. The van der Waals surface area contributed by atoms with Crippen LogP contribution in [0.4, 0.5) is 0 Å². The van der Waals surface area contributed by atoms with Crippen LogP contribution in [-0.4, -0.2) is 49.7 Å². The largest absolute Gasteiger partial charge is 0.336 e. The molecule has 6 nitrogen and oxygen atoms in total. The molecule has 37 heavy (non-hydrogen) atoms. The van der Waals surface area contributed by atoms with E-state index in [1.165, 1.54) is 4.31 Å². The number of carbonyl (C=O) groups excluding carboxylic acids is 1. The van der Waals surface area contributed by atoms with Crippen molar-refractivity contribution in [3.05, 3.63) is 76.8 Å². The standard InChI is InChI=1S/C28H34ClN3O3S.ClH/c1-19(2)28(30,20(3)4)24-9-5-21(6-10-24)27(33)31-13-15-32(16-14-31)36(34,35)26-12-8-22-17-25(29)11-7-23(22)18-26;/h5-12,17-20H,13-16,30H2,1-4H3;1H. The Morgan fingerprint density at radius 3 is 1.97 bits per heavy atom. The Morgan fingerprint density at radius 1 is 0.865 bits per heavy atom. The van der Waals surface area contributed by atoms with Crippen LogP contribution in [0, 0.1) is 11.8 Å². The average Bonchev–Trinajstić information content (AvgIpc) is 2.87. The molecule has 0 bridgehead atoms. The van der Waals surface area contributed by atoms with Gasteiger partial charge in [0.2, 0.25) is 10.0 Å². The number of piperazine rings is 1. The number of rotatable bonds is 6. The molecule has 0 aliphatic carbocycles. The lowest BCUT2D eigenvalue weighted by molar-refractivity contribution is 0.0698. The minimum atomic E-state index is -3.67. The van der Waals surface area contributed by atoms with Crippen molar-refractivity contribution in [3.8, 4) is 0 Å². The van der Waals surface area contributed by atoms with Gasteiger partial charge in [0, 0.05) is 42.3 Å². The fraction of sp³-hybridized carbons (Fsp3) is 0.393. The number of amides is 1. The molecule has 1 amide bonds. The molecule has 3 aromatic rings. The normalized spacial score (nSPS) is 15.3. The van der Waals surface area contributed by atoms with E-state index in [0.717, 1.165) is 16.3 Å². The number of halogens is 2. The monoisotopic (exact) mass is 563 g/mol. The third kappa shape index (κ3) is 5.66. The predicted molar refractivity (Wildman–Crippen MR) is 153 cm³/mol.